The van der Waals surface area contributed by atoms with E-state index in [-0.39, 0.29) is 20.3 Å². The highest BCUT2D eigenvalue weighted by atomic mass is 35.5. The highest BCUT2D eigenvalue weighted by molar-refractivity contribution is 7.91. The molecule has 0 radical (unpaired) electrons. The molecule has 1 N–H and O–H groups in total. The predicted molar refractivity (Wildman–Crippen MR) is 75.2 cm³/mol. The predicted octanol–water partition coefficient (Wildman–Crippen LogP) is 2.34. The maximum absolute atomic E-state index is 12.3. The average Bonchev–Trinajstić information content (AvgIpc) is 2.56. The number of rotatable bonds is 3. The Morgan fingerprint density at radius 2 is 2.21 bits per heavy atom. The maximum Gasteiger partial charge on any atom is 0.252 e. The summed E-state index contributed by atoms with van der Waals surface area (Å²) in [6.07, 6.45) is 1.33. The van der Waals surface area contributed by atoms with Gasteiger partial charge in [0.05, 0.1) is 11.3 Å². The number of sulfonamides is 1. The Morgan fingerprint density at radius 3 is 2.74 bits per heavy atom. The Balaban J connectivity index is 2.16. The molecule has 1 aromatic rings. The van der Waals surface area contributed by atoms with Crippen LogP contribution in [0.3, 0.4) is 0 Å². The summed E-state index contributed by atoms with van der Waals surface area (Å²) in [5.41, 5.74) is 0.139. The van der Waals surface area contributed by atoms with Crippen molar-refractivity contribution >= 4 is 33.0 Å². The number of ether oxygens (including phenoxy) is 1. The van der Waals surface area contributed by atoms with Crippen LogP contribution in [-0.2, 0) is 14.8 Å². The molecule has 2 rings (SSSR count). The first kappa shape index (κ1) is 15.2. The Labute approximate surface area is 122 Å². The van der Waals surface area contributed by atoms with Gasteiger partial charge in [-0.2, -0.15) is 0 Å². The second-order valence-electron chi connectivity index (χ2n) is 5.26. The van der Waals surface area contributed by atoms with Gasteiger partial charge in [0.25, 0.3) is 10.0 Å². The van der Waals surface area contributed by atoms with Crippen LogP contribution in [0.4, 0.5) is 0 Å². The molecule has 1 fully saturated rings. The van der Waals surface area contributed by atoms with Crippen LogP contribution in [0.1, 0.15) is 32.4 Å². The van der Waals surface area contributed by atoms with Crippen molar-refractivity contribution in [1.82, 2.24) is 9.71 Å². The van der Waals surface area contributed by atoms with Gasteiger partial charge in [0.1, 0.15) is 0 Å². The first-order chi connectivity index (χ1) is 8.70. The van der Waals surface area contributed by atoms with Crippen molar-refractivity contribution in [3.05, 3.63) is 10.2 Å². The van der Waals surface area contributed by atoms with Crippen molar-refractivity contribution in [2.45, 2.75) is 49.5 Å². The minimum absolute atomic E-state index is 0.117. The molecule has 108 valence electrons. The third kappa shape index (κ3) is 3.66. The Hall–Kier alpha value is -0.210. The summed E-state index contributed by atoms with van der Waals surface area (Å²) < 4.78 is 33.4. The van der Waals surface area contributed by atoms with E-state index in [0.29, 0.717) is 25.1 Å². The summed E-state index contributed by atoms with van der Waals surface area (Å²) in [6.45, 7) is 6.12. The Morgan fingerprint density at radius 1 is 1.53 bits per heavy atom. The zero-order chi connectivity index (χ0) is 14.3. The Kier molecular flexibility index (Phi) is 4.23. The molecule has 0 amide bonds. The molecule has 1 unspecified atom stereocenters. The van der Waals surface area contributed by atoms with Crippen LogP contribution in [0.2, 0.25) is 4.47 Å². The number of hydrogen-bond acceptors (Lipinski definition) is 5. The number of nitrogens with zero attached hydrogens (tertiary/aromatic N) is 1. The number of halogens is 1. The highest BCUT2D eigenvalue weighted by Crippen LogP contribution is 2.29. The second kappa shape index (κ2) is 5.29. The fourth-order valence-corrected chi connectivity index (χ4v) is 5.23. The molecule has 1 aliphatic heterocycles. The summed E-state index contributed by atoms with van der Waals surface area (Å²) in [5.74, 6) is 0. The fourth-order valence-electron chi connectivity index (χ4n) is 2.21. The molecule has 1 aromatic heterocycles. The van der Waals surface area contributed by atoms with Gasteiger partial charge in [-0.1, -0.05) is 22.9 Å². The van der Waals surface area contributed by atoms with Crippen molar-refractivity contribution < 1.29 is 13.2 Å². The van der Waals surface area contributed by atoms with E-state index in [1.165, 1.54) is 0 Å². The lowest BCUT2D eigenvalue weighted by atomic mass is 9.95. The molecule has 1 aliphatic rings. The van der Waals surface area contributed by atoms with Gasteiger partial charge in [-0.15, -0.1) is 0 Å². The lowest BCUT2D eigenvalue weighted by molar-refractivity contribution is -0.0599. The van der Waals surface area contributed by atoms with Gasteiger partial charge in [0.2, 0.25) is 0 Å². The van der Waals surface area contributed by atoms with Crippen LogP contribution >= 0.6 is 22.9 Å². The number of thiazole rings is 1. The quantitative estimate of drug-likeness (QED) is 0.926. The van der Waals surface area contributed by atoms with Gasteiger partial charge in [-0.25, -0.2) is 18.1 Å². The van der Waals surface area contributed by atoms with Crippen molar-refractivity contribution in [3.63, 3.8) is 0 Å². The SMILES string of the molecule is Cc1nc(Cl)sc1S(=O)(=O)NC1CCOC(C)(C)C1. The van der Waals surface area contributed by atoms with E-state index in [0.717, 1.165) is 11.3 Å². The number of hydrogen-bond donors (Lipinski definition) is 1. The molecule has 2 heterocycles. The fraction of sp³-hybridized carbons (Fsp3) is 0.727. The van der Waals surface area contributed by atoms with E-state index >= 15 is 0 Å². The largest absolute Gasteiger partial charge is 0.375 e. The first-order valence-electron chi connectivity index (χ1n) is 5.99. The first-order valence-corrected chi connectivity index (χ1v) is 8.67. The van der Waals surface area contributed by atoms with Gasteiger partial charge < -0.3 is 4.74 Å². The Bertz CT molecular complexity index is 568. The van der Waals surface area contributed by atoms with Crippen LogP contribution in [0, 0.1) is 6.92 Å². The highest BCUT2D eigenvalue weighted by Gasteiger charge is 2.32. The monoisotopic (exact) mass is 324 g/mol. The standard InChI is InChI=1S/C11H17ClN2O3S2/c1-7-9(18-10(12)13-7)19(15,16)14-8-4-5-17-11(2,3)6-8/h8,14H,4-6H2,1-3H3. The van der Waals surface area contributed by atoms with Gasteiger partial charge in [0.15, 0.2) is 8.68 Å². The van der Waals surface area contributed by atoms with Crippen LogP contribution in [0.15, 0.2) is 4.21 Å². The van der Waals surface area contributed by atoms with Gasteiger partial charge >= 0.3 is 0 Å². The van der Waals surface area contributed by atoms with Gasteiger partial charge in [-0.05, 0) is 33.6 Å². The second-order valence-corrected chi connectivity index (χ2v) is 8.75. The average molecular weight is 325 g/mol. The minimum atomic E-state index is -3.55. The summed E-state index contributed by atoms with van der Waals surface area (Å²) >= 11 is 6.74. The molecule has 19 heavy (non-hydrogen) atoms. The van der Waals surface area contributed by atoms with E-state index in [2.05, 4.69) is 9.71 Å². The lowest BCUT2D eigenvalue weighted by Gasteiger charge is -2.35. The minimum Gasteiger partial charge on any atom is -0.375 e. The van der Waals surface area contributed by atoms with E-state index in [4.69, 9.17) is 16.3 Å². The van der Waals surface area contributed by atoms with Crippen LogP contribution in [0.5, 0.6) is 0 Å². The molecular weight excluding hydrogens is 308 g/mol. The topological polar surface area (TPSA) is 68.3 Å². The zero-order valence-corrected chi connectivity index (χ0v) is 13.5. The number of aromatic nitrogens is 1. The normalized spacial score (nSPS) is 23.5. The molecular formula is C11H17ClN2O3S2. The van der Waals surface area contributed by atoms with Crippen molar-refractivity contribution in [3.8, 4) is 0 Å². The van der Waals surface area contributed by atoms with Crippen LogP contribution in [0.25, 0.3) is 0 Å². The third-order valence-corrected chi connectivity index (χ3v) is 6.38. The maximum atomic E-state index is 12.3. The van der Waals surface area contributed by atoms with Crippen LogP contribution < -0.4 is 4.72 Å². The van der Waals surface area contributed by atoms with Gasteiger partial charge in [-0.3, -0.25) is 0 Å². The summed E-state index contributed by atoms with van der Waals surface area (Å²) in [5, 5.41) is 0. The molecule has 0 bridgehead atoms. The molecule has 5 nitrogen and oxygen atoms in total. The molecule has 1 saturated heterocycles. The molecule has 0 aliphatic carbocycles. The summed E-state index contributed by atoms with van der Waals surface area (Å²) in [7, 11) is -3.55. The van der Waals surface area contributed by atoms with E-state index < -0.39 is 10.0 Å². The zero-order valence-electron chi connectivity index (χ0n) is 11.1. The molecule has 0 saturated carbocycles. The molecule has 0 aromatic carbocycles. The molecule has 1 atom stereocenters. The summed E-state index contributed by atoms with van der Waals surface area (Å²) in [4.78, 5) is 3.94. The van der Waals surface area contributed by atoms with Crippen molar-refractivity contribution in [2.75, 3.05) is 6.61 Å². The summed E-state index contributed by atoms with van der Waals surface area (Å²) in [6, 6.07) is -0.117. The van der Waals surface area contributed by atoms with E-state index in [1.54, 1.807) is 6.92 Å². The smallest absolute Gasteiger partial charge is 0.252 e. The lowest BCUT2D eigenvalue weighted by Crippen LogP contribution is -2.45. The van der Waals surface area contributed by atoms with Crippen molar-refractivity contribution in [2.24, 2.45) is 0 Å². The van der Waals surface area contributed by atoms with Crippen LogP contribution in [-0.4, -0.2) is 31.7 Å². The number of aryl methyl sites for hydroxylation is 1. The van der Waals surface area contributed by atoms with Crippen molar-refractivity contribution in [1.29, 1.82) is 0 Å². The van der Waals surface area contributed by atoms with E-state index in [1.807, 2.05) is 13.8 Å². The molecule has 8 heteroatoms. The number of nitrogens with one attached hydrogen (secondary N) is 1. The van der Waals surface area contributed by atoms with Gasteiger partial charge in [0, 0.05) is 12.6 Å². The molecule has 0 spiro atoms. The third-order valence-electron chi connectivity index (χ3n) is 2.99. The van der Waals surface area contributed by atoms with E-state index in [9.17, 15) is 8.42 Å².